The first-order valence-corrected chi connectivity index (χ1v) is 7.19. The van der Waals surface area contributed by atoms with E-state index in [9.17, 15) is 4.79 Å². The molecule has 1 fully saturated rings. The Kier molecular flexibility index (Phi) is 4.59. The van der Waals surface area contributed by atoms with Crippen LogP contribution in [-0.2, 0) is 4.79 Å². The van der Waals surface area contributed by atoms with E-state index in [0.29, 0.717) is 0 Å². The first kappa shape index (κ1) is 14.1. The van der Waals surface area contributed by atoms with Crippen molar-refractivity contribution in [3.63, 3.8) is 0 Å². The summed E-state index contributed by atoms with van der Waals surface area (Å²) < 4.78 is 0. The second-order valence-electron chi connectivity index (χ2n) is 5.59. The summed E-state index contributed by atoms with van der Waals surface area (Å²) in [6, 6.07) is 6.43. The molecular weight excluding hydrogens is 236 g/mol. The van der Waals surface area contributed by atoms with Gasteiger partial charge in [-0.2, -0.15) is 0 Å². The molecule has 1 amide bonds. The third-order valence-corrected chi connectivity index (χ3v) is 3.88. The Bertz CT molecular complexity index is 450. The zero-order valence-corrected chi connectivity index (χ0v) is 12.1. The average molecular weight is 260 g/mol. The van der Waals surface area contributed by atoms with Crippen molar-refractivity contribution < 1.29 is 4.79 Å². The molecule has 1 aliphatic heterocycles. The van der Waals surface area contributed by atoms with Crippen molar-refractivity contribution in [2.45, 2.75) is 52.1 Å². The molecule has 0 radical (unpaired) electrons. The summed E-state index contributed by atoms with van der Waals surface area (Å²) in [5.41, 5.74) is 3.70. The standard InChI is InChI=1S/C16H24N2O/c1-11-7-8-14(12(2)10-11)13(3)18-16(19)15-6-4-5-9-17-15/h7-8,10,13,15,17H,4-6,9H2,1-3H3,(H,18,19)/t13?,15-/m1/s1. The smallest absolute Gasteiger partial charge is 0.237 e. The number of rotatable bonds is 3. The van der Waals surface area contributed by atoms with Crippen LogP contribution in [0.5, 0.6) is 0 Å². The van der Waals surface area contributed by atoms with Crippen LogP contribution in [0.4, 0.5) is 0 Å². The number of hydrogen-bond acceptors (Lipinski definition) is 2. The van der Waals surface area contributed by atoms with Gasteiger partial charge < -0.3 is 10.6 Å². The molecule has 0 aliphatic carbocycles. The van der Waals surface area contributed by atoms with Crippen LogP contribution in [0, 0.1) is 13.8 Å². The van der Waals surface area contributed by atoms with Gasteiger partial charge in [0, 0.05) is 0 Å². The summed E-state index contributed by atoms with van der Waals surface area (Å²) in [6.07, 6.45) is 3.27. The lowest BCUT2D eigenvalue weighted by atomic mass is 9.99. The molecule has 1 aromatic rings. The third kappa shape index (κ3) is 3.57. The number of carbonyl (C=O) groups is 1. The Labute approximate surface area is 115 Å². The van der Waals surface area contributed by atoms with Gasteiger partial charge in [-0.25, -0.2) is 0 Å². The minimum atomic E-state index is -0.0121. The van der Waals surface area contributed by atoms with Gasteiger partial charge in [-0.05, 0) is 51.3 Å². The predicted octanol–water partition coefficient (Wildman–Crippen LogP) is 2.62. The molecule has 2 atom stereocenters. The summed E-state index contributed by atoms with van der Waals surface area (Å²) in [5.74, 6) is 0.132. The molecule has 1 unspecified atom stereocenters. The lowest BCUT2D eigenvalue weighted by Crippen LogP contribution is -2.47. The summed E-state index contributed by atoms with van der Waals surface area (Å²) in [7, 11) is 0. The van der Waals surface area contributed by atoms with Crippen LogP contribution >= 0.6 is 0 Å². The van der Waals surface area contributed by atoms with E-state index in [4.69, 9.17) is 0 Å². The Morgan fingerprint density at radius 1 is 1.37 bits per heavy atom. The topological polar surface area (TPSA) is 41.1 Å². The molecule has 1 aliphatic rings. The maximum absolute atomic E-state index is 12.2. The lowest BCUT2D eigenvalue weighted by Gasteiger charge is -2.25. The number of nitrogens with one attached hydrogen (secondary N) is 2. The van der Waals surface area contributed by atoms with Gasteiger partial charge in [0.2, 0.25) is 5.91 Å². The summed E-state index contributed by atoms with van der Waals surface area (Å²) in [4.78, 5) is 12.2. The van der Waals surface area contributed by atoms with Gasteiger partial charge in [-0.1, -0.05) is 30.2 Å². The van der Waals surface area contributed by atoms with E-state index in [1.807, 2.05) is 0 Å². The van der Waals surface area contributed by atoms with Crippen LogP contribution in [0.2, 0.25) is 0 Å². The second kappa shape index (κ2) is 6.20. The number of hydrogen-bond donors (Lipinski definition) is 2. The molecule has 1 saturated heterocycles. The van der Waals surface area contributed by atoms with E-state index in [2.05, 4.69) is 49.6 Å². The van der Waals surface area contributed by atoms with Gasteiger partial charge in [0.25, 0.3) is 0 Å². The molecule has 0 aromatic heterocycles. The van der Waals surface area contributed by atoms with Gasteiger partial charge in [-0.3, -0.25) is 4.79 Å². The van der Waals surface area contributed by atoms with Crippen LogP contribution in [0.3, 0.4) is 0 Å². The number of piperidine rings is 1. The van der Waals surface area contributed by atoms with E-state index in [1.54, 1.807) is 0 Å². The van der Waals surface area contributed by atoms with Crippen molar-refractivity contribution in [1.29, 1.82) is 0 Å². The quantitative estimate of drug-likeness (QED) is 0.877. The Balaban J connectivity index is 1.99. The van der Waals surface area contributed by atoms with E-state index >= 15 is 0 Å². The van der Waals surface area contributed by atoms with Crippen molar-refractivity contribution in [3.8, 4) is 0 Å². The van der Waals surface area contributed by atoms with Crippen molar-refractivity contribution in [1.82, 2.24) is 10.6 Å². The van der Waals surface area contributed by atoms with E-state index in [-0.39, 0.29) is 18.0 Å². The molecule has 1 heterocycles. The normalized spacial score (nSPS) is 20.9. The monoisotopic (exact) mass is 260 g/mol. The minimum absolute atomic E-state index is 0.0121. The zero-order chi connectivity index (χ0) is 13.8. The van der Waals surface area contributed by atoms with E-state index in [0.717, 1.165) is 19.4 Å². The van der Waals surface area contributed by atoms with Crippen molar-refractivity contribution >= 4 is 5.91 Å². The fraction of sp³-hybridized carbons (Fsp3) is 0.562. The number of benzene rings is 1. The lowest BCUT2D eigenvalue weighted by molar-refractivity contribution is -0.124. The van der Waals surface area contributed by atoms with Crippen LogP contribution < -0.4 is 10.6 Å². The molecule has 0 saturated carbocycles. The third-order valence-electron chi connectivity index (χ3n) is 3.88. The van der Waals surface area contributed by atoms with Crippen molar-refractivity contribution in [2.24, 2.45) is 0 Å². The van der Waals surface area contributed by atoms with Crippen LogP contribution in [0.15, 0.2) is 18.2 Å². The fourth-order valence-corrected chi connectivity index (χ4v) is 2.78. The SMILES string of the molecule is Cc1ccc(C(C)NC(=O)[C@H]2CCCCN2)c(C)c1. The van der Waals surface area contributed by atoms with E-state index in [1.165, 1.54) is 23.1 Å². The molecule has 2 rings (SSSR count). The maximum atomic E-state index is 12.2. The zero-order valence-electron chi connectivity index (χ0n) is 12.1. The molecule has 0 spiro atoms. The van der Waals surface area contributed by atoms with Crippen molar-refractivity contribution in [3.05, 3.63) is 34.9 Å². The molecule has 104 valence electrons. The van der Waals surface area contributed by atoms with Gasteiger partial charge in [0.05, 0.1) is 12.1 Å². The second-order valence-corrected chi connectivity index (χ2v) is 5.59. The number of carbonyl (C=O) groups excluding carboxylic acids is 1. The van der Waals surface area contributed by atoms with Crippen LogP contribution in [0.25, 0.3) is 0 Å². The molecule has 1 aromatic carbocycles. The highest BCUT2D eigenvalue weighted by atomic mass is 16.2. The molecule has 3 heteroatoms. The molecule has 19 heavy (non-hydrogen) atoms. The van der Waals surface area contributed by atoms with Crippen LogP contribution in [0.1, 0.15) is 48.9 Å². The van der Waals surface area contributed by atoms with E-state index < -0.39 is 0 Å². The van der Waals surface area contributed by atoms with Crippen LogP contribution in [-0.4, -0.2) is 18.5 Å². The highest BCUT2D eigenvalue weighted by Gasteiger charge is 2.22. The summed E-state index contributed by atoms with van der Waals surface area (Å²) >= 11 is 0. The maximum Gasteiger partial charge on any atom is 0.237 e. The Morgan fingerprint density at radius 3 is 2.79 bits per heavy atom. The molecule has 0 bridgehead atoms. The molecular formula is C16H24N2O. The van der Waals surface area contributed by atoms with Gasteiger partial charge in [-0.15, -0.1) is 0 Å². The fourth-order valence-electron chi connectivity index (χ4n) is 2.78. The summed E-state index contributed by atoms with van der Waals surface area (Å²) in [6.45, 7) is 7.20. The minimum Gasteiger partial charge on any atom is -0.348 e. The van der Waals surface area contributed by atoms with Gasteiger partial charge >= 0.3 is 0 Å². The molecule has 2 N–H and O–H groups in total. The highest BCUT2D eigenvalue weighted by Crippen LogP contribution is 2.19. The van der Waals surface area contributed by atoms with Gasteiger partial charge in [0.1, 0.15) is 0 Å². The molecule has 3 nitrogen and oxygen atoms in total. The number of aryl methyl sites for hydroxylation is 2. The van der Waals surface area contributed by atoms with Crippen molar-refractivity contribution in [2.75, 3.05) is 6.54 Å². The largest absolute Gasteiger partial charge is 0.348 e. The van der Waals surface area contributed by atoms with Gasteiger partial charge in [0.15, 0.2) is 0 Å². The number of amides is 1. The average Bonchev–Trinajstić information content (AvgIpc) is 2.39. The highest BCUT2D eigenvalue weighted by molar-refractivity contribution is 5.82. The Morgan fingerprint density at radius 2 is 2.16 bits per heavy atom. The first-order chi connectivity index (χ1) is 9.08. The Hall–Kier alpha value is -1.35. The predicted molar refractivity (Wildman–Crippen MR) is 78.1 cm³/mol. The first-order valence-electron chi connectivity index (χ1n) is 7.19. The summed E-state index contributed by atoms with van der Waals surface area (Å²) in [5, 5.41) is 6.41.